The van der Waals surface area contributed by atoms with Crippen LogP contribution in [0.2, 0.25) is 0 Å². The van der Waals surface area contributed by atoms with Crippen LogP contribution in [0.25, 0.3) is 0 Å². The topological polar surface area (TPSA) is 65.4 Å². The summed E-state index contributed by atoms with van der Waals surface area (Å²) in [6.45, 7) is 7.56. The van der Waals surface area contributed by atoms with Gasteiger partial charge in [0.25, 0.3) is 0 Å². The number of esters is 1. The van der Waals surface area contributed by atoms with Crippen molar-refractivity contribution in [3.8, 4) is 0 Å². The Kier molecular flexibility index (Phi) is 4.55. The Morgan fingerprint density at radius 1 is 1.42 bits per heavy atom. The smallest absolute Gasteiger partial charge is 0.332 e. The molecule has 0 radical (unpaired) electrons. The van der Waals surface area contributed by atoms with Crippen molar-refractivity contribution in [2.45, 2.75) is 51.2 Å². The van der Waals surface area contributed by atoms with Gasteiger partial charge in [-0.3, -0.25) is 0 Å². The molecule has 1 spiro atoms. The Morgan fingerprint density at radius 2 is 2.12 bits per heavy atom. The van der Waals surface area contributed by atoms with Crippen molar-refractivity contribution in [2.75, 3.05) is 19.7 Å². The van der Waals surface area contributed by atoms with Crippen LogP contribution in [-0.4, -0.2) is 40.8 Å². The lowest BCUT2D eigenvalue weighted by atomic mass is 9.78. The van der Waals surface area contributed by atoms with Gasteiger partial charge in [-0.15, -0.1) is 0 Å². The van der Waals surface area contributed by atoms with E-state index < -0.39 is 11.2 Å². The maximum absolute atomic E-state index is 12.1. The molecule has 0 bridgehead atoms. The Bertz CT molecular complexity index is 634. The first kappa shape index (κ1) is 17.9. The van der Waals surface area contributed by atoms with Crippen LogP contribution in [0, 0.1) is 5.41 Å². The molecule has 1 aromatic heterocycles. The molecule has 134 valence electrons. The van der Waals surface area contributed by atoms with Crippen LogP contribution in [0.4, 0.5) is 0 Å². The highest BCUT2D eigenvalue weighted by Gasteiger charge is 2.54. The van der Waals surface area contributed by atoms with Crippen LogP contribution in [0.5, 0.6) is 0 Å². The van der Waals surface area contributed by atoms with Crippen molar-refractivity contribution in [3.63, 3.8) is 0 Å². The van der Waals surface area contributed by atoms with E-state index in [9.17, 15) is 4.79 Å². The highest BCUT2D eigenvalue weighted by Crippen LogP contribution is 2.53. The number of aromatic nitrogens is 2. The molecule has 1 saturated heterocycles. The van der Waals surface area contributed by atoms with Gasteiger partial charge in [0.2, 0.25) is 0 Å². The van der Waals surface area contributed by atoms with E-state index in [0.29, 0.717) is 0 Å². The van der Waals surface area contributed by atoms with Gasteiger partial charge in [0, 0.05) is 26.3 Å². The lowest BCUT2D eigenvalue weighted by Gasteiger charge is -2.41. The van der Waals surface area contributed by atoms with Crippen molar-refractivity contribution in [2.24, 2.45) is 12.5 Å². The third-order valence-electron chi connectivity index (χ3n) is 4.86. The van der Waals surface area contributed by atoms with Gasteiger partial charge in [-0.25, -0.2) is 9.78 Å². The van der Waals surface area contributed by atoms with Crippen molar-refractivity contribution < 1.29 is 14.3 Å². The maximum atomic E-state index is 12.1. The predicted molar refractivity (Wildman–Crippen MR) is 93.5 cm³/mol. The highest BCUT2D eigenvalue weighted by molar-refractivity contribution is 9.10. The summed E-state index contributed by atoms with van der Waals surface area (Å²) in [5.74, 6) is 0.546. The molecular formula is C17H26BrN3O3. The molecule has 2 fully saturated rings. The molecule has 1 aliphatic heterocycles. The molecule has 2 heterocycles. The van der Waals surface area contributed by atoms with Gasteiger partial charge in [-0.05, 0) is 61.4 Å². The minimum Gasteiger partial charge on any atom is -0.458 e. The first-order chi connectivity index (χ1) is 11.1. The average Bonchev–Trinajstić information content (AvgIpc) is 2.96. The van der Waals surface area contributed by atoms with Gasteiger partial charge in [0.05, 0.1) is 0 Å². The fourth-order valence-corrected chi connectivity index (χ4v) is 4.30. The molecule has 1 aliphatic carbocycles. The van der Waals surface area contributed by atoms with E-state index in [1.54, 1.807) is 0 Å². The molecule has 2 aliphatic rings. The minimum absolute atomic E-state index is 0.0503. The molecule has 3 rings (SSSR count). The second kappa shape index (κ2) is 6.11. The molecule has 1 unspecified atom stereocenters. The zero-order valence-electron chi connectivity index (χ0n) is 14.8. The second-order valence-electron chi connectivity index (χ2n) is 8.15. The van der Waals surface area contributed by atoms with Crippen molar-refractivity contribution in [1.82, 2.24) is 14.9 Å². The Balaban J connectivity index is 1.79. The van der Waals surface area contributed by atoms with Crippen molar-refractivity contribution in [1.29, 1.82) is 0 Å². The van der Waals surface area contributed by atoms with Gasteiger partial charge in [0.15, 0.2) is 0 Å². The van der Waals surface area contributed by atoms with Crippen LogP contribution in [0.15, 0.2) is 10.8 Å². The number of hydrogen-bond acceptors (Lipinski definition) is 5. The predicted octanol–water partition coefficient (Wildman–Crippen LogP) is 2.51. The Labute approximate surface area is 151 Å². The molecule has 1 atom stereocenters. The number of rotatable bonds is 4. The fourth-order valence-electron chi connectivity index (χ4n) is 3.83. The normalized spacial score (nSPS) is 25.7. The van der Waals surface area contributed by atoms with Crippen molar-refractivity contribution in [3.05, 3.63) is 16.6 Å². The molecule has 0 aromatic carbocycles. The van der Waals surface area contributed by atoms with Crippen LogP contribution in [-0.2, 0) is 26.9 Å². The van der Waals surface area contributed by atoms with E-state index in [2.05, 4.69) is 26.2 Å². The van der Waals surface area contributed by atoms with E-state index in [1.165, 1.54) is 0 Å². The second-order valence-corrected chi connectivity index (χ2v) is 8.96. The molecule has 1 N–H and O–H groups in total. The number of aryl methyl sites for hydroxylation is 1. The van der Waals surface area contributed by atoms with Crippen LogP contribution in [0.3, 0.4) is 0 Å². The largest absolute Gasteiger partial charge is 0.458 e. The molecular weight excluding hydrogens is 374 g/mol. The molecule has 1 aromatic rings. The zero-order valence-corrected chi connectivity index (χ0v) is 16.4. The summed E-state index contributed by atoms with van der Waals surface area (Å²) < 4.78 is 14.4. The maximum Gasteiger partial charge on any atom is 0.332 e. The highest BCUT2D eigenvalue weighted by atomic mass is 79.9. The molecule has 7 heteroatoms. The van der Waals surface area contributed by atoms with Crippen molar-refractivity contribution >= 4 is 21.9 Å². The van der Waals surface area contributed by atoms with Crippen LogP contribution < -0.4 is 5.32 Å². The molecule has 24 heavy (non-hydrogen) atoms. The van der Waals surface area contributed by atoms with E-state index in [0.717, 1.165) is 42.8 Å². The van der Waals surface area contributed by atoms with E-state index >= 15 is 0 Å². The summed E-state index contributed by atoms with van der Waals surface area (Å²) in [7, 11) is 1.97. The van der Waals surface area contributed by atoms with Gasteiger partial charge in [-0.1, -0.05) is 0 Å². The first-order valence-corrected chi connectivity index (χ1v) is 9.18. The van der Waals surface area contributed by atoms with Crippen LogP contribution in [0.1, 0.15) is 45.9 Å². The number of ether oxygens (including phenoxy) is 2. The molecule has 1 saturated carbocycles. The monoisotopic (exact) mass is 399 g/mol. The molecule has 0 amide bonds. The number of imidazole rings is 1. The number of carbonyl (C=O) groups excluding carboxylic acids is 1. The zero-order chi connectivity index (χ0) is 17.6. The van der Waals surface area contributed by atoms with Gasteiger partial charge < -0.3 is 19.4 Å². The minimum atomic E-state index is -0.528. The standard InChI is InChI=1S/C17H26BrN3O3/c1-15(2,3)24-13(22)8-23-17(14-20-12(18)7-21(14)4)6-5-16(9-17)10-19-11-16/h7,19H,5-6,8-11H2,1-4H3. The first-order valence-electron chi connectivity index (χ1n) is 8.39. The summed E-state index contributed by atoms with van der Waals surface area (Å²) in [6, 6.07) is 0. The van der Waals surface area contributed by atoms with Gasteiger partial charge in [0.1, 0.15) is 28.2 Å². The Hall–Kier alpha value is -0.920. The third-order valence-corrected chi connectivity index (χ3v) is 5.24. The number of nitrogens with zero attached hydrogens (tertiary/aromatic N) is 2. The summed E-state index contributed by atoms with van der Waals surface area (Å²) in [5, 5.41) is 3.37. The summed E-state index contributed by atoms with van der Waals surface area (Å²) in [5.41, 5.74) is -0.763. The quantitative estimate of drug-likeness (QED) is 0.787. The SMILES string of the molecule is Cn1cc(Br)nc1C1(OCC(=O)OC(C)(C)C)CCC2(CNC2)C1. The lowest BCUT2D eigenvalue weighted by molar-refractivity contribution is -0.169. The lowest BCUT2D eigenvalue weighted by Crippen LogP contribution is -2.53. The number of nitrogens with one attached hydrogen (secondary N) is 1. The average molecular weight is 400 g/mol. The van der Waals surface area contributed by atoms with E-state index in [1.807, 2.05) is 38.6 Å². The molecule has 6 nitrogen and oxygen atoms in total. The summed E-state index contributed by atoms with van der Waals surface area (Å²) in [4.78, 5) is 16.8. The summed E-state index contributed by atoms with van der Waals surface area (Å²) in [6.07, 6.45) is 4.76. The number of carbonyl (C=O) groups is 1. The summed E-state index contributed by atoms with van der Waals surface area (Å²) >= 11 is 3.44. The third kappa shape index (κ3) is 3.53. The van der Waals surface area contributed by atoms with Crippen LogP contribution >= 0.6 is 15.9 Å². The number of hydrogen-bond donors (Lipinski definition) is 1. The fraction of sp³-hybridized carbons (Fsp3) is 0.765. The van der Waals surface area contributed by atoms with E-state index in [4.69, 9.17) is 9.47 Å². The van der Waals surface area contributed by atoms with Gasteiger partial charge in [-0.2, -0.15) is 0 Å². The van der Waals surface area contributed by atoms with Gasteiger partial charge >= 0.3 is 5.97 Å². The number of halogens is 1. The Morgan fingerprint density at radius 3 is 2.58 bits per heavy atom. The van der Waals surface area contributed by atoms with E-state index in [-0.39, 0.29) is 18.0 Å².